The second-order valence-corrected chi connectivity index (χ2v) is 6.49. The van der Waals surface area contributed by atoms with Crippen molar-refractivity contribution in [3.8, 4) is 11.1 Å². The van der Waals surface area contributed by atoms with Crippen LogP contribution in [0, 0.1) is 0 Å². The van der Waals surface area contributed by atoms with E-state index in [1.54, 1.807) is 13.8 Å². The molecule has 1 aliphatic rings. The van der Waals surface area contributed by atoms with Gasteiger partial charge in [-0.3, -0.25) is 14.4 Å². The summed E-state index contributed by atoms with van der Waals surface area (Å²) in [6.45, 7) is 3.64. The van der Waals surface area contributed by atoms with Crippen LogP contribution in [0.15, 0.2) is 48.5 Å². The highest BCUT2D eigenvalue weighted by Gasteiger charge is 2.31. The predicted octanol–water partition coefficient (Wildman–Crippen LogP) is 2.00. The number of benzene rings is 2. The standard InChI is InChI=1S/C21H23N3O4/c1-3-28-12-18(25)22-13(2)20(26)24-19-16-10-5-4-8-14(16)15-9-6-7-11-17(15)23-21(19)27/h4-11,13,19H,3,12H2,1-2H3,(H,22,25)(H,23,27)(H,24,26)/t13-,19?/m0/s1. The van der Waals surface area contributed by atoms with Gasteiger partial charge in [-0.15, -0.1) is 0 Å². The van der Waals surface area contributed by atoms with Crippen LogP contribution < -0.4 is 16.0 Å². The van der Waals surface area contributed by atoms with Gasteiger partial charge in [0.05, 0.1) is 0 Å². The van der Waals surface area contributed by atoms with Crippen LogP contribution >= 0.6 is 0 Å². The third-order valence-corrected chi connectivity index (χ3v) is 4.50. The number of carbonyl (C=O) groups is 3. The van der Waals surface area contributed by atoms with Crippen molar-refractivity contribution in [3.63, 3.8) is 0 Å². The molecule has 7 nitrogen and oxygen atoms in total. The quantitative estimate of drug-likeness (QED) is 0.713. The molecule has 0 radical (unpaired) electrons. The van der Waals surface area contributed by atoms with Crippen LogP contribution in [0.2, 0.25) is 0 Å². The molecule has 146 valence electrons. The summed E-state index contributed by atoms with van der Waals surface area (Å²) in [6.07, 6.45) is 0. The van der Waals surface area contributed by atoms with E-state index in [4.69, 9.17) is 4.74 Å². The molecule has 2 aromatic carbocycles. The largest absolute Gasteiger partial charge is 0.372 e. The van der Waals surface area contributed by atoms with E-state index < -0.39 is 18.0 Å². The van der Waals surface area contributed by atoms with E-state index in [0.29, 0.717) is 17.9 Å². The van der Waals surface area contributed by atoms with Crippen molar-refractivity contribution in [3.05, 3.63) is 54.1 Å². The molecule has 1 aliphatic heterocycles. The molecule has 0 aliphatic carbocycles. The summed E-state index contributed by atoms with van der Waals surface area (Å²) >= 11 is 0. The van der Waals surface area contributed by atoms with Gasteiger partial charge in [0.1, 0.15) is 18.7 Å². The van der Waals surface area contributed by atoms with Gasteiger partial charge in [0.2, 0.25) is 11.8 Å². The molecule has 1 heterocycles. The van der Waals surface area contributed by atoms with Gasteiger partial charge in [-0.2, -0.15) is 0 Å². The van der Waals surface area contributed by atoms with E-state index in [-0.39, 0.29) is 18.4 Å². The molecule has 0 bridgehead atoms. The summed E-state index contributed by atoms with van der Waals surface area (Å²) in [5.41, 5.74) is 3.15. The number of amides is 3. The van der Waals surface area contributed by atoms with Gasteiger partial charge in [-0.1, -0.05) is 42.5 Å². The number of hydrogen-bond donors (Lipinski definition) is 3. The zero-order valence-electron chi connectivity index (χ0n) is 15.8. The Balaban J connectivity index is 1.81. The second kappa shape index (κ2) is 8.67. The van der Waals surface area contributed by atoms with E-state index in [0.717, 1.165) is 11.1 Å². The Morgan fingerprint density at radius 2 is 1.79 bits per heavy atom. The highest BCUT2D eigenvalue weighted by molar-refractivity contribution is 6.05. The van der Waals surface area contributed by atoms with Gasteiger partial charge in [0.25, 0.3) is 5.91 Å². The van der Waals surface area contributed by atoms with Crippen molar-refractivity contribution < 1.29 is 19.1 Å². The molecule has 0 saturated carbocycles. The number of carbonyl (C=O) groups excluding carboxylic acids is 3. The Morgan fingerprint density at radius 1 is 1.11 bits per heavy atom. The number of fused-ring (bicyclic) bond motifs is 3. The normalized spacial score (nSPS) is 16.1. The molecule has 2 atom stereocenters. The number of hydrogen-bond acceptors (Lipinski definition) is 4. The topological polar surface area (TPSA) is 96.5 Å². The van der Waals surface area contributed by atoms with Gasteiger partial charge >= 0.3 is 0 Å². The van der Waals surface area contributed by atoms with Crippen molar-refractivity contribution >= 4 is 23.4 Å². The van der Waals surface area contributed by atoms with Crippen molar-refractivity contribution in [2.24, 2.45) is 0 Å². The zero-order valence-corrected chi connectivity index (χ0v) is 15.8. The molecule has 7 heteroatoms. The highest BCUT2D eigenvalue weighted by atomic mass is 16.5. The Labute approximate surface area is 163 Å². The summed E-state index contributed by atoms with van der Waals surface area (Å²) in [7, 11) is 0. The molecule has 0 aromatic heterocycles. The molecule has 0 spiro atoms. The smallest absolute Gasteiger partial charge is 0.251 e. The number of ether oxygens (including phenoxy) is 1. The maximum absolute atomic E-state index is 12.8. The predicted molar refractivity (Wildman–Crippen MR) is 105 cm³/mol. The van der Waals surface area contributed by atoms with Crippen LogP contribution in [0.3, 0.4) is 0 Å². The van der Waals surface area contributed by atoms with Gasteiger partial charge in [-0.25, -0.2) is 0 Å². The summed E-state index contributed by atoms with van der Waals surface area (Å²) in [6, 6.07) is 13.3. The zero-order chi connectivity index (χ0) is 20.1. The molecular weight excluding hydrogens is 358 g/mol. The van der Waals surface area contributed by atoms with Crippen LogP contribution in [0.25, 0.3) is 11.1 Å². The first kappa shape index (κ1) is 19.6. The van der Waals surface area contributed by atoms with E-state index in [9.17, 15) is 14.4 Å². The van der Waals surface area contributed by atoms with Crippen LogP contribution in [0.1, 0.15) is 25.5 Å². The van der Waals surface area contributed by atoms with E-state index >= 15 is 0 Å². The molecule has 3 amide bonds. The van der Waals surface area contributed by atoms with Crippen molar-refractivity contribution in [2.75, 3.05) is 18.5 Å². The minimum atomic E-state index is -0.873. The fourth-order valence-corrected chi connectivity index (χ4v) is 3.12. The van der Waals surface area contributed by atoms with Crippen molar-refractivity contribution in [1.29, 1.82) is 0 Å². The van der Waals surface area contributed by atoms with Crippen LogP contribution in [-0.4, -0.2) is 37.0 Å². The average Bonchev–Trinajstić information content (AvgIpc) is 2.81. The lowest BCUT2D eigenvalue weighted by molar-refractivity contribution is -0.132. The molecular formula is C21H23N3O4. The maximum atomic E-state index is 12.8. The minimum absolute atomic E-state index is 0.115. The summed E-state index contributed by atoms with van der Waals surface area (Å²) in [4.78, 5) is 37.2. The second-order valence-electron chi connectivity index (χ2n) is 6.49. The number of rotatable bonds is 6. The fraction of sp³-hybridized carbons (Fsp3) is 0.286. The number of nitrogens with one attached hydrogen (secondary N) is 3. The summed E-state index contributed by atoms with van der Waals surface area (Å²) < 4.78 is 5.03. The van der Waals surface area contributed by atoms with Gasteiger partial charge in [0.15, 0.2) is 0 Å². The monoisotopic (exact) mass is 381 g/mol. The van der Waals surface area contributed by atoms with Gasteiger partial charge in [0, 0.05) is 17.9 Å². The first-order chi connectivity index (χ1) is 13.5. The van der Waals surface area contributed by atoms with Crippen molar-refractivity contribution in [2.45, 2.75) is 25.9 Å². The minimum Gasteiger partial charge on any atom is -0.372 e. The maximum Gasteiger partial charge on any atom is 0.251 e. The highest BCUT2D eigenvalue weighted by Crippen LogP contribution is 2.37. The lowest BCUT2D eigenvalue weighted by atomic mass is 9.95. The molecule has 1 unspecified atom stereocenters. The summed E-state index contributed by atoms with van der Waals surface area (Å²) in [5, 5.41) is 8.19. The first-order valence-corrected chi connectivity index (χ1v) is 9.18. The molecule has 0 saturated heterocycles. The van der Waals surface area contributed by atoms with E-state index in [1.165, 1.54) is 0 Å². The third kappa shape index (κ3) is 4.20. The lowest BCUT2D eigenvalue weighted by Crippen LogP contribution is -2.48. The third-order valence-electron chi connectivity index (χ3n) is 4.50. The lowest BCUT2D eigenvalue weighted by Gasteiger charge is -2.21. The van der Waals surface area contributed by atoms with E-state index in [1.807, 2.05) is 48.5 Å². The molecule has 0 fully saturated rings. The first-order valence-electron chi connectivity index (χ1n) is 9.18. The SMILES string of the molecule is CCOCC(=O)N[C@@H](C)C(=O)NC1C(=O)Nc2ccccc2-c2ccccc21. The van der Waals surface area contributed by atoms with Crippen LogP contribution in [0.5, 0.6) is 0 Å². The van der Waals surface area contributed by atoms with Gasteiger partial charge in [-0.05, 0) is 31.0 Å². The van der Waals surface area contributed by atoms with Gasteiger partial charge < -0.3 is 20.7 Å². The Kier molecular flexibility index (Phi) is 6.06. The van der Waals surface area contributed by atoms with Crippen LogP contribution in [-0.2, 0) is 19.1 Å². The Bertz CT molecular complexity index is 897. The molecule has 3 N–H and O–H groups in total. The Morgan fingerprint density at radius 3 is 2.54 bits per heavy atom. The number of para-hydroxylation sites is 1. The Hall–Kier alpha value is -3.19. The molecule has 3 rings (SSSR count). The summed E-state index contributed by atoms with van der Waals surface area (Å²) in [5.74, 6) is -1.17. The van der Waals surface area contributed by atoms with E-state index in [2.05, 4.69) is 16.0 Å². The average molecular weight is 381 g/mol. The van der Waals surface area contributed by atoms with Crippen LogP contribution in [0.4, 0.5) is 5.69 Å². The number of anilines is 1. The fourth-order valence-electron chi connectivity index (χ4n) is 3.12. The molecule has 28 heavy (non-hydrogen) atoms. The van der Waals surface area contributed by atoms with Crippen molar-refractivity contribution in [1.82, 2.24) is 10.6 Å². The molecule has 2 aromatic rings.